The van der Waals surface area contributed by atoms with Crippen molar-refractivity contribution in [3.63, 3.8) is 0 Å². The molecule has 0 aromatic heterocycles. The quantitative estimate of drug-likeness (QED) is 0.700. The van der Waals surface area contributed by atoms with E-state index in [2.05, 4.69) is 14.7 Å². The number of methoxy groups -OCH3 is 1. The molecule has 0 radical (unpaired) electrons. The van der Waals surface area contributed by atoms with Gasteiger partial charge in [0.05, 0.1) is 26.9 Å². The zero-order valence-electron chi connectivity index (χ0n) is 15.9. The van der Waals surface area contributed by atoms with Crippen LogP contribution in [0.5, 0.6) is 5.75 Å². The minimum Gasteiger partial charge on any atom is -0.497 e. The number of hydrogen-bond acceptors (Lipinski definition) is 8. The van der Waals surface area contributed by atoms with Gasteiger partial charge in [-0.3, -0.25) is 0 Å². The third-order valence-corrected chi connectivity index (χ3v) is 4.28. The van der Waals surface area contributed by atoms with E-state index in [9.17, 15) is 18.0 Å². The van der Waals surface area contributed by atoms with E-state index >= 15 is 0 Å². The number of morpholine rings is 1. The second kappa shape index (κ2) is 8.27. The monoisotopic (exact) mass is 415 g/mol. The lowest BCUT2D eigenvalue weighted by Gasteiger charge is -2.35. The molecule has 1 fully saturated rings. The van der Waals surface area contributed by atoms with Crippen LogP contribution in [0, 0.1) is 0 Å². The molecule has 0 saturated carbocycles. The number of rotatable bonds is 4. The van der Waals surface area contributed by atoms with Gasteiger partial charge in [0.2, 0.25) is 5.90 Å². The van der Waals surface area contributed by atoms with Crippen molar-refractivity contribution in [1.29, 1.82) is 0 Å². The van der Waals surface area contributed by atoms with Crippen LogP contribution in [0.3, 0.4) is 0 Å². The molecular formula is C18H20F3N3O5. The Morgan fingerprint density at radius 3 is 2.41 bits per heavy atom. The number of ether oxygens (including phenoxy) is 4. The van der Waals surface area contributed by atoms with E-state index in [-0.39, 0.29) is 44.5 Å². The summed E-state index contributed by atoms with van der Waals surface area (Å²) in [6.07, 6.45) is -5.14. The number of aliphatic imine (C=N–C) groups is 2. The Balaban J connectivity index is 2.11. The van der Waals surface area contributed by atoms with Crippen molar-refractivity contribution >= 4 is 17.9 Å². The lowest BCUT2D eigenvalue weighted by Crippen LogP contribution is -2.56. The van der Waals surface area contributed by atoms with Gasteiger partial charge in [-0.2, -0.15) is 23.2 Å². The number of carbonyl (C=O) groups is 1. The summed E-state index contributed by atoms with van der Waals surface area (Å²) in [7, 11) is 1.46. The Morgan fingerprint density at radius 2 is 1.86 bits per heavy atom. The van der Waals surface area contributed by atoms with E-state index in [1.807, 2.05) is 0 Å². The van der Waals surface area contributed by atoms with Crippen LogP contribution in [-0.2, 0) is 19.0 Å². The van der Waals surface area contributed by atoms with Gasteiger partial charge in [-0.15, -0.1) is 0 Å². The number of benzene rings is 1. The second-order valence-electron chi connectivity index (χ2n) is 6.13. The Hall–Kier alpha value is -2.82. The van der Waals surface area contributed by atoms with Gasteiger partial charge in [-0.05, 0) is 31.2 Å². The molecule has 0 N–H and O–H groups in total. The van der Waals surface area contributed by atoms with E-state index in [1.165, 1.54) is 31.1 Å². The molecule has 1 unspecified atom stereocenters. The number of halogens is 3. The molecule has 158 valence electrons. The zero-order chi connectivity index (χ0) is 21.1. The first kappa shape index (κ1) is 20.9. The lowest BCUT2D eigenvalue weighted by atomic mass is 10.1. The van der Waals surface area contributed by atoms with Crippen LogP contribution < -0.4 is 4.74 Å². The molecule has 8 nitrogen and oxygen atoms in total. The highest BCUT2D eigenvalue weighted by atomic mass is 19.4. The summed E-state index contributed by atoms with van der Waals surface area (Å²) in [5.41, 5.74) is -3.23. The van der Waals surface area contributed by atoms with Gasteiger partial charge in [-0.25, -0.2) is 4.79 Å². The van der Waals surface area contributed by atoms with Crippen molar-refractivity contribution in [2.45, 2.75) is 18.8 Å². The highest BCUT2D eigenvalue weighted by molar-refractivity contribution is 6.05. The van der Waals surface area contributed by atoms with E-state index in [0.29, 0.717) is 5.75 Å². The summed E-state index contributed by atoms with van der Waals surface area (Å²) in [5, 5.41) is 0. The number of alkyl halides is 3. The molecule has 1 saturated heterocycles. The zero-order valence-corrected chi connectivity index (χ0v) is 15.9. The van der Waals surface area contributed by atoms with Crippen LogP contribution in [0.15, 0.2) is 34.3 Å². The number of nitrogens with zero attached hydrogens (tertiary/aromatic N) is 3. The molecule has 2 heterocycles. The average Bonchev–Trinajstić information content (AvgIpc) is 2.73. The van der Waals surface area contributed by atoms with Gasteiger partial charge in [0, 0.05) is 18.7 Å². The third kappa shape index (κ3) is 4.14. The Labute approximate surface area is 164 Å². The topological polar surface area (TPSA) is 82.0 Å². The van der Waals surface area contributed by atoms with Gasteiger partial charge in [0.1, 0.15) is 5.75 Å². The molecule has 11 heteroatoms. The van der Waals surface area contributed by atoms with Crippen molar-refractivity contribution in [2.24, 2.45) is 9.98 Å². The average molecular weight is 415 g/mol. The van der Waals surface area contributed by atoms with Crippen LogP contribution >= 0.6 is 0 Å². The molecule has 2 aliphatic rings. The van der Waals surface area contributed by atoms with Crippen LogP contribution in [0.1, 0.15) is 12.5 Å². The largest absolute Gasteiger partial charge is 0.497 e. The van der Waals surface area contributed by atoms with E-state index in [4.69, 9.17) is 14.2 Å². The van der Waals surface area contributed by atoms with Crippen molar-refractivity contribution in [3.8, 4) is 5.75 Å². The van der Waals surface area contributed by atoms with Gasteiger partial charge in [0.15, 0.2) is 0 Å². The summed E-state index contributed by atoms with van der Waals surface area (Å²) in [6.45, 7) is 2.23. The lowest BCUT2D eigenvalue weighted by molar-refractivity contribution is -0.204. The van der Waals surface area contributed by atoms with Crippen LogP contribution in [-0.4, -0.2) is 74.6 Å². The maximum Gasteiger partial charge on any atom is 0.446 e. The Bertz CT molecular complexity index is 804. The fourth-order valence-corrected chi connectivity index (χ4v) is 2.75. The van der Waals surface area contributed by atoms with E-state index in [0.717, 1.165) is 0 Å². The maximum absolute atomic E-state index is 14.1. The molecular weight excluding hydrogens is 395 g/mol. The van der Waals surface area contributed by atoms with E-state index in [1.54, 1.807) is 12.1 Å². The Morgan fingerprint density at radius 1 is 1.21 bits per heavy atom. The highest BCUT2D eigenvalue weighted by Gasteiger charge is 2.65. The summed E-state index contributed by atoms with van der Waals surface area (Å²) >= 11 is 0. The van der Waals surface area contributed by atoms with Crippen molar-refractivity contribution < 1.29 is 36.9 Å². The SMILES string of the molecule is CCOC(=O)C1(C(F)(F)F)N=C(c2ccc(OC)cc2)OC(N2CCOCC2)=N1. The molecule has 0 spiro atoms. The van der Waals surface area contributed by atoms with Gasteiger partial charge in [-0.1, -0.05) is 0 Å². The van der Waals surface area contributed by atoms with Gasteiger partial charge >= 0.3 is 17.8 Å². The summed E-state index contributed by atoms with van der Waals surface area (Å²) in [6, 6.07) is 5.68. The molecule has 0 bridgehead atoms. The predicted molar refractivity (Wildman–Crippen MR) is 95.9 cm³/mol. The van der Waals surface area contributed by atoms with Crippen molar-refractivity contribution in [3.05, 3.63) is 29.8 Å². The Kier molecular flexibility index (Phi) is 5.96. The van der Waals surface area contributed by atoms with Crippen molar-refractivity contribution in [2.75, 3.05) is 40.0 Å². The molecule has 1 aromatic rings. The molecule has 3 rings (SSSR count). The minimum atomic E-state index is -5.14. The van der Waals surface area contributed by atoms with Crippen LogP contribution in [0.4, 0.5) is 13.2 Å². The first-order valence-corrected chi connectivity index (χ1v) is 8.89. The third-order valence-electron chi connectivity index (χ3n) is 4.28. The normalized spacial score (nSPS) is 22.3. The summed E-state index contributed by atoms with van der Waals surface area (Å²) in [5.74, 6) is -1.51. The molecule has 1 aromatic carbocycles. The predicted octanol–water partition coefficient (Wildman–Crippen LogP) is 1.98. The fourth-order valence-electron chi connectivity index (χ4n) is 2.75. The first-order valence-electron chi connectivity index (χ1n) is 8.89. The molecule has 29 heavy (non-hydrogen) atoms. The van der Waals surface area contributed by atoms with E-state index < -0.39 is 23.7 Å². The fraction of sp³-hybridized carbons (Fsp3) is 0.500. The molecule has 1 atom stereocenters. The molecule has 2 aliphatic heterocycles. The molecule has 0 aliphatic carbocycles. The van der Waals surface area contributed by atoms with Gasteiger partial charge in [0.25, 0.3) is 6.02 Å². The number of hydrogen-bond donors (Lipinski definition) is 0. The highest BCUT2D eigenvalue weighted by Crippen LogP contribution is 2.39. The minimum absolute atomic E-state index is 0.226. The second-order valence-corrected chi connectivity index (χ2v) is 6.13. The number of carbonyl (C=O) groups excluding carboxylic acids is 1. The number of esters is 1. The van der Waals surface area contributed by atoms with Crippen molar-refractivity contribution in [1.82, 2.24) is 4.90 Å². The number of amidine groups is 1. The standard InChI is InChI=1S/C18H20F3N3O5/c1-3-28-15(25)17(18(19,20)21)22-14(12-4-6-13(26-2)7-5-12)29-16(23-17)24-8-10-27-11-9-24/h4-7H,3,8-11H2,1-2H3. The summed E-state index contributed by atoms with van der Waals surface area (Å²) in [4.78, 5) is 21.0. The van der Waals surface area contributed by atoms with Crippen LogP contribution in [0.2, 0.25) is 0 Å². The molecule has 0 amide bonds. The maximum atomic E-state index is 14.1. The summed E-state index contributed by atoms with van der Waals surface area (Å²) < 4.78 is 62.8. The van der Waals surface area contributed by atoms with Gasteiger partial charge < -0.3 is 23.8 Å². The van der Waals surface area contributed by atoms with Crippen LogP contribution in [0.25, 0.3) is 0 Å². The first-order chi connectivity index (χ1) is 13.8. The smallest absolute Gasteiger partial charge is 0.446 e.